The number of hydrogen-bond donors (Lipinski definition) is 2. The smallest absolute Gasteiger partial charge is 0.262 e. The van der Waals surface area contributed by atoms with E-state index in [4.69, 9.17) is 0 Å². The molecule has 2 aromatic carbocycles. The number of anilines is 1. The van der Waals surface area contributed by atoms with Gasteiger partial charge < -0.3 is 0 Å². The highest BCUT2D eigenvalue weighted by molar-refractivity contribution is 7.99. The van der Waals surface area contributed by atoms with Crippen LogP contribution in [0.3, 0.4) is 0 Å². The number of amides is 1. The van der Waals surface area contributed by atoms with Crippen molar-refractivity contribution in [3.05, 3.63) is 76.3 Å². The number of fused-ring (bicyclic) bond motifs is 1. The third kappa shape index (κ3) is 4.35. The zero-order chi connectivity index (χ0) is 20.2. The van der Waals surface area contributed by atoms with Crippen molar-refractivity contribution in [2.75, 3.05) is 11.1 Å². The highest BCUT2D eigenvalue weighted by Crippen LogP contribution is 2.19. The predicted molar refractivity (Wildman–Crippen MR) is 112 cm³/mol. The van der Waals surface area contributed by atoms with Crippen LogP contribution in [0.2, 0.25) is 0 Å². The van der Waals surface area contributed by atoms with Gasteiger partial charge in [0.15, 0.2) is 5.16 Å². The first-order valence-electron chi connectivity index (χ1n) is 8.93. The summed E-state index contributed by atoms with van der Waals surface area (Å²) in [6, 6.07) is 15.2. The van der Waals surface area contributed by atoms with Crippen molar-refractivity contribution >= 4 is 34.5 Å². The van der Waals surface area contributed by atoms with Crippen LogP contribution in [0.25, 0.3) is 10.9 Å². The van der Waals surface area contributed by atoms with Crippen molar-refractivity contribution in [1.29, 1.82) is 0 Å². The Morgan fingerprint density at radius 3 is 2.72 bits per heavy atom. The number of carbonyl (C=O) groups is 1. The molecule has 9 heteroatoms. The van der Waals surface area contributed by atoms with Crippen LogP contribution >= 0.6 is 11.8 Å². The third-order valence-electron chi connectivity index (χ3n) is 4.29. The van der Waals surface area contributed by atoms with Gasteiger partial charge in [0.2, 0.25) is 11.9 Å². The Morgan fingerprint density at radius 1 is 1.17 bits per heavy atom. The van der Waals surface area contributed by atoms with Gasteiger partial charge >= 0.3 is 0 Å². The second kappa shape index (κ2) is 8.27. The lowest BCUT2D eigenvalue weighted by Gasteiger charge is -2.13. The van der Waals surface area contributed by atoms with E-state index in [2.05, 4.69) is 25.5 Å². The quantitative estimate of drug-likeness (QED) is 0.377. The first-order chi connectivity index (χ1) is 14.1. The minimum absolute atomic E-state index is 0.0827. The Balaban J connectivity index is 1.64. The monoisotopic (exact) mass is 406 g/mol. The summed E-state index contributed by atoms with van der Waals surface area (Å²) in [7, 11) is 0. The Kier molecular flexibility index (Phi) is 5.39. The molecule has 2 heterocycles. The zero-order valence-electron chi connectivity index (χ0n) is 15.6. The molecule has 0 saturated carbocycles. The Hall–Kier alpha value is -3.46. The van der Waals surface area contributed by atoms with E-state index < -0.39 is 0 Å². The molecule has 0 bridgehead atoms. The van der Waals surface area contributed by atoms with Crippen LogP contribution in [0.5, 0.6) is 0 Å². The molecule has 0 fully saturated rings. The second-order valence-corrected chi connectivity index (χ2v) is 7.40. The summed E-state index contributed by atoms with van der Waals surface area (Å²) in [6.45, 7) is 2.39. The molecule has 0 spiro atoms. The average molecular weight is 406 g/mol. The number of hydrogen-bond acceptors (Lipinski definition) is 6. The van der Waals surface area contributed by atoms with E-state index in [9.17, 15) is 9.59 Å². The number of nitrogens with zero attached hydrogens (tertiary/aromatic N) is 4. The average Bonchev–Trinajstić information content (AvgIpc) is 3.23. The molecule has 0 aliphatic rings. The highest BCUT2D eigenvalue weighted by atomic mass is 32.2. The van der Waals surface area contributed by atoms with Crippen LogP contribution in [0.4, 0.5) is 5.95 Å². The normalized spacial score (nSPS) is 10.9. The minimum Gasteiger partial charge on any atom is -0.294 e. The van der Waals surface area contributed by atoms with Crippen LogP contribution in [-0.4, -0.2) is 36.4 Å². The van der Waals surface area contributed by atoms with Gasteiger partial charge in [-0.3, -0.25) is 19.5 Å². The van der Waals surface area contributed by atoms with Crippen LogP contribution in [-0.2, 0) is 11.3 Å². The summed E-state index contributed by atoms with van der Waals surface area (Å²) in [5.41, 5.74) is 2.62. The van der Waals surface area contributed by atoms with Crippen LogP contribution < -0.4 is 10.9 Å². The van der Waals surface area contributed by atoms with Gasteiger partial charge in [-0.25, -0.2) is 10.1 Å². The largest absolute Gasteiger partial charge is 0.294 e. The molecule has 0 atom stereocenters. The molecule has 1 amide bonds. The molecule has 4 aromatic rings. The van der Waals surface area contributed by atoms with Gasteiger partial charge in [0.1, 0.15) is 6.33 Å². The maximum absolute atomic E-state index is 13.1. The minimum atomic E-state index is -0.268. The first-order valence-corrected chi connectivity index (χ1v) is 9.92. The van der Waals surface area contributed by atoms with Gasteiger partial charge in [-0.2, -0.15) is 10.1 Å². The molecule has 4 rings (SSSR count). The van der Waals surface area contributed by atoms with Gasteiger partial charge in [-0.05, 0) is 24.6 Å². The fourth-order valence-electron chi connectivity index (χ4n) is 2.84. The van der Waals surface area contributed by atoms with Crippen LogP contribution in [0, 0.1) is 6.92 Å². The number of para-hydroxylation sites is 1. The van der Waals surface area contributed by atoms with Crippen LogP contribution in [0.1, 0.15) is 11.1 Å². The molecular formula is C20H18N6O2S. The van der Waals surface area contributed by atoms with Crippen molar-refractivity contribution in [1.82, 2.24) is 24.7 Å². The van der Waals surface area contributed by atoms with Crippen molar-refractivity contribution in [2.24, 2.45) is 0 Å². The SMILES string of the molecule is Cc1ccc(Cn2c(SCC(=O)Nc3ncn[nH]3)nc3ccccc3c2=O)cc1. The topological polar surface area (TPSA) is 106 Å². The van der Waals surface area contributed by atoms with Gasteiger partial charge in [-0.15, -0.1) is 0 Å². The standard InChI is InChI=1S/C20H18N6O2S/c1-13-6-8-14(9-7-13)10-26-18(28)15-4-2-3-5-16(15)23-20(26)29-11-17(27)24-19-21-12-22-25-19/h2-9,12H,10-11H2,1H3,(H2,21,22,24,25,27). The number of thioether (sulfide) groups is 1. The van der Waals surface area contributed by atoms with E-state index in [1.807, 2.05) is 43.3 Å². The number of rotatable bonds is 6. The van der Waals surface area contributed by atoms with Gasteiger partial charge in [-0.1, -0.05) is 53.7 Å². The zero-order valence-corrected chi connectivity index (χ0v) is 16.4. The molecule has 0 aliphatic carbocycles. The van der Waals surface area contributed by atoms with Gasteiger partial charge in [0, 0.05) is 0 Å². The molecule has 0 unspecified atom stereocenters. The number of aromatic amines is 1. The fourth-order valence-corrected chi connectivity index (χ4v) is 3.64. The number of aryl methyl sites for hydroxylation is 1. The van der Waals surface area contributed by atoms with Gasteiger partial charge in [0.25, 0.3) is 5.56 Å². The first kappa shape index (κ1) is 18.9. The summed E-state index contributed by atoms with van der Waals surface area (Å²) in [5.74, 6) is 0.0921. The molecule has 2 N–H and O–H groups in total. The lowest BCUT2D eigenvalue weighted by molar-refractivity contribution is -0.113. The fraction of sp³-hybridized carbons (Fsp3) is 0.150. The van der Waals surface area contributed by atoms with E-state index in [0.717, 1.165) is 11.1 Å². The lowest BCUT2D eigenvalue weighted by atomic mass is 10.1. The predicted octanol–water partition coefficient (Wildman–Crippen LogP) is 2.60. The molecule has 0 aliphatic heterocycles. The van der Waals surface area contributed by atoms with Gasteiger partial charge in [0.05, 0.1) is 23.2 Å². The Morgan fingerprint density at radius 2 is 1.97 bits per heavy atom. The van der Waals surface area contributed by atoms with Crippen LogP contribution in [0.15, 0.2) is 64.8 Å². The molecule has 0 radical (unpaired) electrons. The van der Waals surface area contributed by atoms with Crippen molar-refractivity contribution < 1.29 is 4.79 Å². The number of carbonyl (C=O) groups excluding carboxylic acids is 1. The maximum atomic E-state index is 13.1. The summed E-state index contributed by atoms with van der Waals surface area (Å²) in [6.07, 6.45) is 1.31. The molecule has 146 valence electrons. The van der Waals surface area contributed by atoms with E-state index >= 15 is 0 Å². The number of nitrogens with one attached hydrogen (secondary N) is 2. The van der Waals surface area contributed by atoms with E-state index in [1.54, 1.807) is 16.7 Å². The second-order valence-electron chi connectivity index (χ2n) is 6.46. The lowest BCUT2D eigenvalue weighted by Crippen LogP contribution is -2.25. The molecular weight excluding hydrogens is 388 g/mol. The number of H-pyrrole nitrogens is 1. The number of aromatic nitrogens is 5. The van der Waals surface area contributed by atoms with Crippen molar-refractivity contribution in [3.63, 3.8) is 0 Å². The summed E-state index contributed by atoms with van der Waals surface area (Å²) < 4.78 is 1.61. The molecule has 29 heavy (non-hydrogen) atoms. The molecule has 8 nitrogen and oxygen atoms in total. The van der Waals surface area contributed by atoms with E-state index in [-0.39, 0.29) is 23.2 Å². The summed E-state index contributed by atoms with van der Waals surface area (Å²) in [4.78, 5) is 33.8. The van der Waals surface area contributed by atoms with Crippen molar-refractivity contribution in [2.45, 2.75) is 18.6 Å². The van der Waals surface area contributed by atoms with E-state index in [1.165, 1.54) is 18.1 Å². The maximum Gasteiger partial charge on any atom is 0.262 e. The summed E-state index contributed by atoms with van der Waals surface area (Å²) in [5, 5.41) is 9.92. The van der Waals surface area contributed by atoms with Crippen molar-refractivity contribution in [3.8, 4) is 0 Å². The summed E-state index contributed by atoms with van der Waals surface area (Å²) >= 11 is 1.21. The Bertz CT molecular complexity index is 1200. The molecule has 2 aromatic heterocycles. The number of benzene rings is 2. The Labute approximate surface area is 170 Å². The van der Waals surface area contributed by atoms with E-state index in [0.29, 0.717) is 22.6 Å². The highest BCUT2D eigenvalue weighted by Gasteiger charge is 2.14. The third-order valence-corrected chi connectivity index (χ3v) is 5.27. The molecule has 0 saturated heterocycles.